The monoisotopic (exact) mass is 276 g/mol. The zero-order valence-electron chi connectivity index (χ0n) is 8.21. The number of aryl methyl sites for hydroxylation is 1. The topological polar surface area (TPSA) is 42.0 Å². The molecule has 0 saturated heterocycles. The summed E-state index contributed by atoms with van der Waals surface area (Å²) in [5.41, 5.74) is 0.522. The molecule has 0 spiro atoms. The summed E-state index contributed by atoms with van der Waals surface area (Å²) in [4.78, 5) is 15.6. The van der Waals surface area contributed by atoms with Gasteiger partial charge in [-0.2, -0.15) is 0 Å². The lowest BCUT2D eigenvalue weighted by atomic mass is 10.2. The summed E-state index contributed by atoms with van der Waals surface area (Å²) >= 11 is 4.85. The van der Waals surface area contributed by atoms with Crippen LogP contribution in [0.2, 0.25) is 0 Å². The van der Waals surface area contributed by atoms with Crippen LogP contribution in [0.3, 0.4) is 0 Å². The van der Waals surface area contributed by atoms with Crippen LogP contribution in [0.25, 0.3) is 0 Å². The van der Waals surface area contributed by atoms with Crippen molar-refractivity contribution in [3.63, 3.8) is 0 Å². The summed E-state index contributed by atoms with van der Waals surface area (Å²) < 4.78 is 0. The molecular formula is C9H13BrN2OS. The number of amides is 1. The summed E-state index contributed by atoms with van der Waals surface area (Å²) in [7, 11) is 0. The average molecular weight is 277 g/mol. The second-order valence-electron chi connectivity index (χ2n) is 3.22. The van der Waals surface area contributed by atoms with Gasteiger partial charge in [-0.1, -0.05) is 22.9 Å². The number of rotatable bonds is 4. The highest BCUT2D eigenvalue weighted by Gasteiger charge is 2.09. The third-order valence-corrected chi connectivity index (χ3v) is 3.60. The number of nitrogens with one attached hydrogen (secondary N) is 1. The van der Waals surface area contributed by atoms with E-state index in [1.165, 1.54) is 11.3 Å². The van der Waals surface area contributed by atoms with Crippen LogP contribution in [-0.2, 0) is 0 Å². The molecular weight excluding hydrogens is 264 g/mol. The predicted molar refractivity (Wildman–Crippen MR) is 62.1 cm³/mol. The maximum absolute atomic E-state index is 11.5. The second-order valence-corrected chi connectivity index (χ2v) is 4.93. The molecule has 0 fully saturated rings. The van der Waals surface area contributed by atoms with Crippen LogP contribution in [0.15, 0.2) is 5.38 Å². The Hall–Kier alpha value is -0.420. The molecule has 1 N–H and O–H groups in total. The lowest BCUT2D eigenvalue weighted by molar-refractivity contribution is 0.0945. The van der Waals surface area contributed by atoms with E-state index in [1.807, 2.05) is 6.92 Å². The molecule has 1 aromatic rings. The maximum Gasteiger partial charge on any atom is 0.270 e. The Morgan fingerprint density at radius 3 is 3.00 bits per heavy atom. The van der Waals surface area contributed by atoms with E-state index in [9.17, 15) is 4.79 Å². The van der Waals surface area contributed by atoms with E-state index in [4.69, 9.17) is 0 Å². The molecule has 5 heteroatoms. The Labute approximate surface area is 96.1 Å². The molecule has 0 aliphatic heterocycles. The van der Waals surface area contributed by atoms with Crippen molar-refractivity contribution >= 4 is 33.2 Å². The molecule has 78 valence electrons. The molecule has 0 saturated carbocycles. The summed E-state index contributed by atoms with van der Waals surface area (Å²) in [5.74, 6) is 0.362. The van der Waals surface area contributed by atoms with Gasteiger partial charge in [0.2, 0.25) is 0 Å². The number of thiazole rings is 1. The van der Waals surface area contributed by atoms with Gasteiger partial charge in [0.25, 0.3) is 5.91 Å². The van der Waals surface area contributed by atoms with Gasteiger partial charge in [-0.05, 0) is 12.8 Å². The van der Waals surface area contributed by atoms with Gasteiger partial charge in [-0.25, -0.2) is 4.98 Å². The Morgan fingerprint density at radius 2 is 2.50 bits per heavy atom. The van der Waals surface area contributed by atoms with Crippen molar-refractivity contribution in [3.8, 4) is 0 Å². The summed E-state index contributed by atoms with van der Waals surface area (Å²) in [6, 6.07) is 0. The molecule has 0 aliphatic carbocycles. The quantitative estimate of drug-likeness (QED) is 0.857. The number of hydrogen-bond donors (Lipinski definition) is 1. The fraction of sp³-hybridized carbons (Fsp3) is 0.556. The molecule has 0 aliphatic rings. The van der Waals surface area contributed by atoms with E-state index in [0.717, 1.165) is 10.3 Å². The maximum atomic E-state index is 11.5. The number of alkyl halides is 1. The molecule has 1 heterocycles. The number of hydrogen-bond acceptors (Lipinski definition) is 3. The molecule has 1 amide bonds. The van der Waals surface area contributed by atoms with Gasteiger partial charge in [0.05, 0.1) is 5.01 Å². The van der Waals surface area contributed by atoms with Crippen molar-refractivity contribution in [2.24, 2.45) is 5.92 Å². The molecule has 1 atom stereocenters. The minimum absolute atomic E-state index is 0.0813. The first kappa shape index (κ1) is 11.7. The average Bonchev–Trinajstić information content (AvgIpc) is 2.60. The van der Waals surface area contributed by atoms with E-state index in [2.05, 4.69) is 33.2 Å². The SMILES string of the molecule is Cc1nc(C(=O)NCC(C)CBr)cs1. The first-order valence-electron chi connectivity index (χ1n) is 4.39. The number of halogens is 1. The van der Waals surface area contributed by atoms with Crippen LogP contribution in [-0.4, -0.2) is 22.8 Å². The molecule has 14 heavy (non-hydrogen) atoms. The zero-order valence-corrected chi connectivity index (χ0v) is 10.6. The van der Waals surface area contributed by atoms with Gasteiger partial charge in [0.15, 0.2) is 0 Å². The zero-order chi connectivity index (χ0) is 10.6. The Balaban J connectivity index is 2.43. The molecule has 0 aromatic carbocycles. The number of carbonyl (C=O) groups excluding carboxylic acids is 1. The number of aromatic nitrogens is 1. The van der Waals surface area contributed by atoms with Gasteiger partial charge >= 0.3 is 0 Å². The van der Waals surface area contributed by atoms with E-state index in [-0.39, 0.29) is 5.91 Å². The van der Waals surface area contributed by atoms with Gasteiger partial charge in [-0.15, -0.1) is 11.3 Å². The van der Waals surface area contributed by atoms with Crippen LogP contribution in [0.5, 0.6) is 0 Å². The molecule has 0 bridgehead atoms. The van der Waals surface area contributed by atoms with Crippen molar-refractivity contribution < 1.29 is 4.79 Å². The van der Waals surface area contributed by atoms with E-state index in [0.29, 0.717) is 18.2 Å². The van der Waals surface area contributed by atoms with E-state index in [1.54, 1.807) is 5.38 Å². The van der Waals surface area contributed by atoms with Gasteiger partial charge in [0, 0.05) is 17.3 Å². The smallest absolute Gasteiger partial charge is 0.270 e. The fourth-order valence-corrected chi connectivity index (χ4v) is 1.70. The van der Waals surface area contributed by atoms with Crippen LogP contribution in [0.4, 0.5) is 0 Å². The Bertz CT molecular complexity index is 314. The largest absolute Gasteiger partial charge is 0.350 e. The number of nitrogens with zero attached hydrogens (tertiary/aromatic N) is 1. The summed E-state index contributed by atoms with van der Waals surface area (Å²) in [6.07, 6.45) is 0. The first-order valence-corrected chi connectivity index (χ1v) is 6.40. The molecule has 1 rings (SSSR count). The van der Waals surface area contributed by atoms with Crippen molar-refractivity contribution in [2.45, 2.75) is 13.8 Å². The summed E-state index contributed by atoms with van der Waals surface area (Å²) in [5, 5.41) is 6.43. The predicted octanol–water partition coefficient (Wildman–Crippen LogP) is 2.21. The Kier molecular flexibility index (Phi) is 4.54. The van der Waals surface area contributed by atoms with Gasteiger partial charge < -0.3 is 5.32 Å². The van der Waals surface area contributed by atoms with Crippen LogP contribution in [0, 0.1) is 12.8 Å². The van der Waals surface area contributed by atoms with Crippen molar-refractivity contribution in [1.82, 2.24) is 10.3 Å². The highest BCUT2D eigenvalue weighted by atomic mass is 79.9. The van der Waals surface area contributed by atoms with Gasteiger partial charge in [-0.3, -0.25) is 4.79 Å². The summed E-state index contributed by atoms with van der Waals surface area (Å²) in [6.45, 7) is 4.64. The van der Waals surface area contributed by atoms with E-state index < -0.39 is 0 Å². The Morgan fingerprint density at radius 1 is 1.79 bits per heavy atom. The van der Waals surface area contributed by atoms with Crippen LogP contribution < -0.4 is 5.32 Å². The highest BCUT2D eigenvalue weighted by Crippen LogP contribution is 2.07. The van der Waals surface area contributed by atoms with Crippen LogP contribution >= 0.6 is 27.3 Å². The standard InChI is InChI=1S/C9H13BrN2OS/c1-6(3-10)4-11-9(13)8-5-14-7(2)12-8/h5-6H,3-4H2,1-2H3,(H,11,13). The van der Waals surface area contributed by atoms with Crippen molar-refractivity contribution in [3.05, 3.63) is 16.1 Å². The minimum Gasteiger partial charge on any atom is -0.350 e. The fourth-order valence-electron chi connectivity index (χ4n) is 0.880. The lowest BCUT2D eigenvalue weighted by Crippen LogP contribution is -2.29. The van der Waals surface area contributed by atoms with Crippen molar-refractivity contribution in [2.75, 3.05) is 11.9 Å². The number of carbonyl (C=O) groups is 1. The minimum atomic E-state index is -0.0813. The van der Waals surface area contributed by atoms with Gasteiger partial charge in [0.1, 0.15) is 5.69 Å². The second kappa shape index (κ2) is 5.46. The van der Waals surface area contributed by atoms with Crippen molar-refractivity contribution in [1.29, 1.82) is 0 Å². The third kappa shape index (κ3) is 3.38. The highest BCUT2D eigenvalue weighted by molar-refractivity contribution is 9.09. The third-order valence-electron chi connectivity index (χ3n) is 1.73. The first-order chi connectivity index (χ1) is 6.63. The molecule has 1 aromatic heterocycles. The molecule has 1 unspecified atom stereocenters. The van der Waals surface area contributed by atoms with E-state index >= 15 is 0 Å². The normalized spacial score (nSPS) is 12.5. The lowest BCUT2D eigenvalue weighted by Gasteiger charge is -2.07. The molecule has 3 nitrogen and oxygen atoms in total. The van der Waals surface area contributed by atoms with Crippen LogP contribution in [0.1, 0.15) is 22.4 Å². The molecule has 0 radical (unpaired) electrons.